The van der Waals surface area contributed by atoms with E-state index in [4.69, 9.17) is 14.3 Å². The van der Waals surface area contributed by atoms with Gasteiger partial charge in [0.25, 0.3) is 0 Å². The van der Waals surface area contributed by atoms with Crippen LogP contribution in [0.15, 0.2) is 59.6 Å². The SMILES string of the molecule is COC=C(Oc1cc(C(C)=NOC[Si](C)(C)c2cccc(C(F)(F)F)c2)ccc1C)C(=O)OC. The number of rotatable bonds is 9. The van der Waals surface area contributed by atoms with Crippen LogP contribution in [0, 0.1) is 6.92 Å². The monoisotopic (exact) mass is 495 g/mol. The number of nitrogens with zero attached hydrogens (tertiary/aromatic N) is 1. The smallest absolute Gasteiger partial charge is 0.416 e. The van der Waals surface area contributed by atoms with Gasteiger partial charge in [0.15, 0.2) is 0 Å². The first kappa shape index (κ1) is 27.0. The van der Waals surface area contributed by atoms with Crippen molar-refractivity contribution in [2.75, 3.05) is 20.4 Å². The maximum atomic E-state index is 13.1. The number of carbonyl (C=O) groups is 1. The number of esters is 1. The fourth-order valence-corrected chi connectivity index (χ4v) is 4.57. The first-order valence-corrected chi connectivity index (χ1v) is 13.5. The predicted molar refractivity (Wildman–Crippen MR) is 126 cm³/mol. The van der Waals surface area contributed by atoms with Crippen LogP contribution in [0.1, 0.15) is 23.6 Å². The zero-order valence-corrected chi connectivity index (χ0v) is 20.9. The molecule has 0 heterocycles. The van der Waals surface area contributed by atoms with Crippen LogP contribution in [-0.2, 0) is 25.3 Å². The summed E-state index contributed by atoms with van der Waals surface area (Å²) in [5.41, 5.74) is 1.31. The summed E-state index contributed by atoms with van der Waals surface area (Å²) in [6, 6.07) is 10.7. The normalized spacial score (nSPS) is 12.9. The summed E-state index contributed by atoms with van der Waals surface area (Å²) in [4.78, 5) is 17.4. The number of aryl methyl sites for hydroxylation is 1. The number of oxime groups is 1. The molecule has 0 aromatic heterocycles. The Hall–Kier alpha value is -3.27. The second kappa shape index (κ2) is 11.2. The van der Waals surface area contributed by atoms with Crippen molar-refractivity contribution in [3.05, 3.63) is 71.2 Å². The molecule has 2 aromatic rings. The van der Waals surface area contributed by atoms with Gasteiger partial charge < -0.3 is 19.0 Å². The lowest BCUT2D eigenvalue weighted by Crippen LogP contribution is -2.46. The Bertz CT molecular complexity index is 1080. The summed E-state index contributed by atoms with van der Waals surface area (Å²) in [5, 5.41) is 4.78. The molecule has 0 N–H and O–H groups in total. The molecule has 0 amide bonds. The van der Waals surface area contributed by atoms with Crippen molar-refractivity contribution in [2.45, 2.75) is 33.1 Å². The van der Waals surface area contributed by atoms with Crippen molar-refractivity contribution in [2.24, 2.45) is 5.16 Å². The highest BCUT2D eigenvalue weighted by Crippen LogP contribution is 2.28. The molecular weight excluding hydrogens is 467 g/mol. The molecule has 10 heteroatoms. The van der Waals surface area contributed by atoms with E-state index in [2.05, 4.69) is 9.89 Å². The van der Waals surface area contributed by atoms with Crippen LogP contribution in [0.5, 0.6) is 5.75 Å². The van der Waals surface area contributed by atoms with Gasteiger partial charge >= 0.3 is 12.1 Å². The lowest BCUT2D eigenvalue weighted by atomic mass is 10.1. The molecule has 0 bridgehead atoms. The second-order valence-corrected chi connectivity index (χ2v) is 12.8. The van der Waals surface area contributed by atoms with Crippen LogP contribution in [0.4, 0.5) is 13.2 Å². The molecule has 0 atom stereocenters. The van der Waals surface area contributed by atoms with Crippen LogP contribution < -0.4 is 9.92 Å². The van der Waals surface area contributed by atoms with Crippen molar-refractivity contribution in [3.8, 4) is 5.75 Å². The molecule has 0 fully saturated rings. The summed E-state index contributed by atoms with van der Waals surface area (Å²) >= 11 is 0. The average molecular weight is 496 g/mol. The van der Waals surface area contributed by atoms with Gasteiger partial charge in [0, 0.05) is 5.56 Å². The molecule has 184 valence electrons. The molecule has 0 saturated carbocycles. The highest BCUT2D eigenvalue weighted by atomic mass is 28.3. The highest BCUT2D eigenvalue weighted by Gasteiger charge is 2.33. The topological polar surface area (TPSA) is 66.3 Å². The fraction of sp³-hybridized carbons (Fsp3) is 0.333. The number of benzene rings is 2. The van der Waals surface area contributed by atoms with Crippen molar-refractivity contribution in [3.63, 3.8) is 0 Å². The average Bonchev–Trinajstić information content (AvgIpc) is 2.78. The number of halogens is 3. The van der Waals surface area contributed by atoms with Crippen LogP contribution >= 0.6 is 0 Å². The Labute approximate surface area is 198 Å². The van der Waals surface area contributed by atoms with Gasteiger partial charge in [0.1, 0.15) is 26.3 Å². The number of ether oxygens (including phenoxy) is 3. The minimum Gasteiger partial charge on any atom is -0.500 e. The van der Waals surface area contributed by atoms with E-state index in [-0.39, 0.29) is 12.0 Å². The first-order chi connectivity index (χ1) is 15.9. The summed E-state index contributed by atoms with van der Waals surface area (Å²) in [6.07, 6.45) is -3.06. The van der Waals surface area contributed by atoms with Crippen LogP contribution in [0.25, 0.3) is 0 Å². The van der Waals surface area contributed by atoms with E-state index in [1.54, 1.807) is 25.1 Å². The van der Waals surface area contributed by atoms with Crippen molar-refractivity contribution in [1.82, 2.24) is 0 Å². The molecule has 34 heavy (non-hydrogen) atoms. The van der Waals surface area contributed by atoms with Gasteiger partial charge in [0.2, 0.25) is 5.76 Å². The summed E-state index contributed by atoms with van der Waals surface area (Å²) in [6.45, 7) is 7.38. The maximum absolute atomic E-state index is 13.1. The first-order valence-electron chi connectivity index (χ1n) is 10.3. The Morgan fingerprint density at radius 3 is 2.44 bits per heavy atom. The predicted octanol–water partition coefficient (Wildman–Crippen LogP) is 4.95. The molecule has 0 radical (unpaired) electrons. The number of carbonyl (C=O) groups excluding carboxylic acids is 1. The summed E-state index contributed by atoms with van der Waals surface area (Å²) < 4.78 is 54.4. The van der Waals surface area contributed by atoms with Crippen LogP contribution in [0.2, 0.25) is 13.1 Å². The van der Waals surface area contributed by atoms with E-state index in [0.717, 1.165) is 17.9 Å². The number of hydrogen-bond acceptors (Lipinski definition) is 6. The highest BCUT2D eigenvalue weighted by molar-refractivity contribution is 6.89. The molecule has 2 aromatic carbocycles. The van der Waals surface area contributed by atoms with Gasteiger partial charge in [-0.05, 0) is 25.5 Å². The van der Waals surface area contributed by atoms with E-state index >= 15 is 0 Å². The molecule has 0 unspecified atom stereocenters. The largest absolute Gasteiger partial charge is 0.500 e. The van der Waals surface area contributed by atoms with E-state index in [0.29, 0.717) is 22.2 Å². The summed E-state index contributed by atoms with van der Waals surface area (Å²) in [7, 11) is 0.264. The third-order valence-electron chi connectivity index (χ3n) is 5.04. The maximum Gasteiger partial charge on any atom is 0.416 e. The van der Waals surface area contributed by atoms with Gasteiger partial charge in [0.05, 0.1) is 25.5 Å². The zero-order chi connectivity index (χ0) is 25.5. The molecule has 0 aliphatic rings. The standard InChI is InChI=1S/C24H28F3NO5Si/c1-16-10-11-18(12-21(16)33-22(14-30-3)23(29)31-4)17(2)28-32-15-34(5,6)20-9-7-8-19(13-20)24(25,26)27/h7-14H,15H2,1-6H3. The van der Waals surface area contributed by atoms with Gasteiger partial charge in [-0.3, -0.25) is 0 Å². The van der Waals surface area contributed by atoms with Crippen LogP contribution in [-0.4, -0.2) is 40.2 Å². The van der Waals surface area contributed by atoms with E-state index < -0.39 is 25.8 Å². The molecule has 0 aliphatic heterocycles. The summed E-state index contributed by atoms with van der Waals surface area (Å²) in [5.74, 6) is -0.411. The van der Waals surface area contributed by atoms with Gasteiger partial charge in [-0.25, -0.2) is 4.79 Å². The molecular formula is C24H28F3NO5Si. The van der Waals surface area contributed by atoms with Crippen molar-refractivity contribution >= 4 is 24.9 Å². The Balaban J connectivity index is 2.17. The number of methoxy groups -OCH3 is 2. The minimum atomic E-state index is -4.40. The Kier molecular flexibility index (Phi) is 8.91. The van der Waals surface area contributed by atoms with Gasteiger partial charge in [-0.2, -0.15) is 13.2 Å². The van der Waals surface area contributed by atoms with Gasteiger partial charge in [-0.1, -0.05) is 59.8 Å². The minimum absolute atomic E-state index is 0.120. The Morgan fingerprint density at radius 2 is 1.82 bits per heavy atom. The zero-order valence-electron chi connectivity index (χ0n) is 19.9. The molecule has 0 aliphatic carbocycles. The van der Waals surface area contributed by atoms with Crippen LogP contribution in [0.3, 0.4) is 0 Å². The molecule has 2 rings (SSSR count). The van der Waals surface area contributed by atoms with E-state index in [1.807, 2.05) is 26.1 Å². The third kappa shape index (κ3) is 7.11. The Morgan fingerprint density at radius 1 is 1.12 bits per heavy atom. The third-order valence-corrected chi connectivity index (χ3v) is 7.76. The lowest BCUT2D eigenvalue weighted by Gasteiger charge is -2.22. The number of alkyl halides is 3. The van der Waals surface area contributed by atoms with Crippen molar-refractivity contribution in [1.29, 1.82) is 0 Å². The number of hydrogen-bond donors (Lipinski definition) is 0. The molecule has 6 nitrogen and oxygen atoms in total. The van der Waals surface area contributed by atoms with E-state index in [1.165, 1.54) is 26.4 Å². The van der Waals surface area contributed by atoms with E-state index in [9.17, 15) is 18.0 Å². The lowest BCUT2D eigenvalue weighted by molar-refractivity contribution is -0.139. The molecule has 0 spiro atoms. The fourth-order valence-electron chi connectivity index (χ4n) is 2.92. The quantitative estimate of drug-likeness (QED) is 0.123. The molecule has 0 saturated heterocycles. The van der Waals surface area contributed by atoms with Crippen molar-refractivity contribution < 1.29 is 37.0 Å². The second-order valence-electron chi connectivity index (χ2n) is 8.20. The van der Waals surface area contributed by atoms with Gasteiger partial charge in [-0.15, -0.1) is 0 Å².